The van der Waals surface area contributed by atoms with Gasteiger partial charge in [-0.1, -0.05) is 42.5 Å². The summed E-state index contributed by atoms with van der Waals surface area (Å²) in [5.41, 5.74) is 1.74. The summed E-state index contributed by atoms with van der Waals surface area (Å²) in [5.74, 6) is 0. The van der Waals surface area contributed by atoms with E-state index >= 15 is 0 Å². The van der Waals surface area contributed by atoms with E-state index in [-0.39, 0.29) is 31.4 Å². The first-order chi connectivity index (χ1) is 11.6. The van der Waals surface area contributed by atoms with Crippen LogP contribution in [-0.4, -0.2) is 34.1 Å². The molecule has 0 aliphatic rings. The van der Waals surface area contributed by atoms with Gasteiger partial charge in [0.25, 0.3) is 5.69 Å². The molecule has 0 heterocycles. The highest BCUT2D eigenvalue weighted by molar-refractivity contribution is 5.74. The van der Waals surface area contributed by atoms with Crippen LogP contribution in [0.2, 0.25) is 0 Å². The van der Waals surface area contributed by atoms with Gasteiger partial charge in [0.2, 0.25) is 0 Å². The summed E-state index contributed by atoms with van der Waals surface area (Å²) in [6.07, 6.45) is 0. The Bertz CT molecular complexity index is 674. The highest BCUT2D eigenvalue weighted by Gasteiger charge is 2.13. The van der Waals surface area contributed by atoms with Gasteiger partial charge in [-0.05, 0) is 11.1 Å². The lowest BCUT2D eigenvalue weighted by Gasteiger charge is -2.22. The fourth-order valence-electron chi connectivity index (χ4n) is 2.20. The van der Waals surface area contributed by atoms with Crippen LogP contribution in [0.5, 0.6) is 0 Å². The lowest BCUT2D eigenvalue weighted by Crippen LogP contribution is -2.40. The summed E-state index contributed by atoms with van der Waals surface area (Å²) < 4.78 is 0. The largest absolute Gasteiger partial charge is 0.395 e. The molecule has 24 heavy (non-hydrogen) atoms. The standard InChI is InChI=1S/C17H19N3O4/c21-11-10-19(13-15-4-2-1-3-5-15)17(22)18-12-14-6-8-16(9-7-14)20(23)24/h1-9,21H,10-13H2,(H,18,22). The van der Waals surface area contributed by atoms with Crippen molar-refractivity contribution in [2.75, 3.05) is 13.2 Å². The first kappa shape index (κ1) is 17.4. The fraction of sp³-hybridized carbons (Fsp3) is 0.235. The summed E-state index contributed by atoms with van der Waals surface area (Å²) in [5, 5.41) is 22.5. The van der Waals surface area contributed by atoms with Crippen molar-refractivity contribution in [3.63, 3.8) is 0 Å². The highest BCUT2D eigenvalue weighted by Crippen LogP contribution is 2.12. The number of aliphatic hydroxyl groups excluding tert-OH is 1. The van der Waals surface area contributed by atoms with Crippen LogP contribution in [-0.2, 0) is 13.1 Å². The van der Waals surface area contributed by atoms with E-state index in [2.05, 4.69) is 5.32 Å². The number of nitro benzene ring substituents is 1. The van der Waals surface area contributed by atoms with Crippen molar-refractivity contribution in [2.45, 2.75) is 13.1 Å². The van der Waals surface area contributed by atoms with Crippen molar-refractivity contribution in [3.8, 4) is 0 Å². The molecule has 0 spiro atoms. The molecular formula is C17H19N3O4. The summed E-state index contributed by atoms with van der Waals surface area (Å²) >= 11 is 0. The number of amides is 2. The van der Waals surface area contributed by atoms with E-state index in [1.54, 1.807) is 12.1 Å². The zero-order chi connectivity index (χ0) is 17.4. The van der Waals surface area contributed by atoms with Gasteiger partial charge in [-0.25, -0.2) is 4.79 Å². The molecule has 0 bridgehead atoms. The van der Waals surface area contributed by atoms with Gasteiger partial charge in [0, 0.05) is 31.8 Å². The SMILES string of the molecule is O=C(NCc1ccc([N+](=O)[O-])cc1)N(CCO)Cc1ccccc1. The van der Waals surface area contributed by atoms with Crippen molar-refractivity contribution >= 4 is 11.7 Å². The average Bonchev–Trinajstić information content (AvgIpc) is 2.60. The minimum atomic E-state index is -0.467. The van der Waals surface area contributed by atoms with Crippen molar-refractivity contribution in [3.05, 3.63) is 75.8 Å². The number of nitrogens with one attached hydrogen (secondary N) is 1. The third-order valence-corrected chi connectivity index (χ3v) is 3.46. The second-order valence-corrected chi connectivity index (χ2v) is 5.21. The first-order valence-electron chi connectivity index (χ1n) is 7.51. The Kier molecular flexibility index (Phi) is 6.27. The Morgan fingerprint density at radius 3 is 2.33 bits per heavy atom. The topological polar surface area (TPSA) is 95.7 Å². The molecule has 0 aliphatic heterocycles. The quantitative estimate of drug-likeness (QED) is 0.602. The third kappa shape index (κ3) is 5.06. The minimum absolute atomic E-state index is 0.0102. The van der Waals surface area contributed by atoms with Crippen LogP contribution in [0.3, 0.4) is 0 Å². The van der Waals surface area contributed by atoms with Gasteiger partial charge in [0.1, 0.15) is 0 Å². The Hall–Kier alpha value is -2.93. The van der Waals surface area contributed by atoms with Gasteiger partial charge in [-0.15, -0.1) is 0 Å². The summed E-state index contributed by atoms with van der Waals surface area (Å²) in [4.78, 5) is 23.9. The maximum absolute atomic E-state index is 12.3. The number of nitro groups is 1. The van der Waals surface area contributed by atoms with Crippen LogP contribution in [0.25, 0.3) is 0 Å². The highest BCUT2D eigenvalue weighted by atomic mass is 16.6. The Balaban J connectivity index is 1.93. The van der Waals surface area contributed by atoms with Gasteiger partial charge in [-0.2, -0.15) is 0 Å². The number of carbonyl (C=O) groups excluding carboxylic acids is 1. The number of non-ortho nitro benzene ring substituents is 1. The van der Waals surface area contributed by atoms with E-state index in [4.69, 9.17) is 5.11 Å². The van der Waals surface area contributed by atoms with Gasteiger partial charge in [0.15, 0.2) is 0 Å². The molecule has 0 unspecified atom stereocenters. The van der Waals surface area contributed by atoms with E-state index in [1.807, 2.05) is 30.3 Å². The molecule has 0 radical (unpaired) electrons. The molecule has 0 aliphatic carbocycles. The van der Waals surface area contributed by atoms with Crippen LogP contribution < -0.4 is 5.32 Å². The molecule has 7 heteroatoms. The summed E-state index contributed by atoms with van der Waals surface area (Å²) in [6.45, 7) is 0.750. The van der Waals surface area contributed by atoms with Crippen molar-refractivity contribution in [1.29, 1.82) is 0 Å². The fourth-order valence-corrected chi connectivity index (χ4v) is 2.20. The summed E-state index contributed by atoms with van der Waals surface area (Å²) in [7, 11) is 0. The smallest absolute Gasteiger partial charge is 0.318 e. The molecule has 0 saturated carbocycles. The number of hydrogen-bond acceptors (Lipinski definition) is 4. The lowest BCUT2D eigenvalue weighted by molar-refractivity contribution is -0.384. The summed E-state index contributed by atoms with van der Waals surface area (Å²) in [6, 6.07) is 15.2. The van der Waals surface area contributed by atoms with Gasteiger partial charge >= 0.3 is 6.03 Å². The molecule has 2 aromatic rings. The zero-order valence-electron chi connectivity index (χ0n) is 13.1. The number of benzene rings is 2. The molecule has 2 rings (SSSR count). The predicted molar refractivity (Wildman–Crippen MR) is 89.3 cm³/mol. The minimum Gasteiger partial charge on any atom is -0.395 e. The third-order valence-electron chi connectivity index (χ3n) is 3.46. The second-order valence-electron chi connectivity index (χ2n) is 5.21. The van der Waals surface area contributed by atoms with Crippen LogP contribution in [0.4, 0.5) is 10.5 Å². The van der Waals surface area contributed by atoms with E-state index < -0.39 is 4.92 Å². The molecule has 126 valence electrons. The second kappa shape index (κ2) is 8.64. The molecular weight excluding hydrogens is 310 g/mol. The molecule has 2 aromatic carbocycles. The van der Waals surface area contributed by atoms with Crippen molar-refractivity contribution < 1.29 is 14.8 Å². The van der Waals surface area contributed by atoms with Crippen LogP contribution in [0, 0.1) is 10.1 Å². The Morgan fingerprint density at radius 2 is 1.75 bits per heavy atom. The van der Waals surface area contributed by atoms with Crippen LogP contribution in [0.1, 0.15) is 11.1 Å². The molecule has 0 fully saturated rings. The number of rotatable bonds is 7. The monoisotopic (exact) mass is 329 g/mol. The molecule has 0 saturated heterocycles. The maximum atomic E-state index is 12.3. The molecule has 0 aromatic heterocycles. The maximum Gasteiger partial charge on any atom is 0.318 e. The zero-order valence-corrected chi connectivity index (χ0v) is 13.1. The van der Waals surface area contributed by atoms with Gasteiger partial charge < -0.3 is 15.3 Å². The molecule has 2 N–H and O–H groups in total. The number of carbonyl (C=O) groups is 1. The number of nitrogens with zero attached hydrogens (tertiary/aromatic N) is 2. The normalized spacial score (nSPS) is 10.2. The number of aliphatic hydroxyl groups is 1. The van der Waals surface area contributed by atoms with E-state index in [0.29, 0.717) is 6.54 Å². The van der Waals surface area contributed by atoms with Crippen molar-refractivity contribution in [1.82, 2.24) is 10.2 Å². The average molecular weight is 329 g/mol. The van der Waals surface area contributed by atoms with E-state index in [0.717, 1.165) is 11.1 Å². The van der Waals surface area contributed by atoms with Crippen LogP contribution >= 0.6 is 0 Å². The number of hydrogen-bond donors (Lipinski definition) is 2. The predicted octanol–water partition coefficient (Wildman–Crippen LogP) is 2.30. The first-order valence-corrected chi connectivity index (χ1v) is 7.51. The van der Waals surface area contributed by atoms with E-state index in [1.165, 1.54) is 17.0 Å². The molecule has 7 nitrogen and oxygen atoms in total. The lowest BCUT2D eigenvalue weighted by atomic mass is 10.2. The van der Waals surface area contributed by atoms with Crippen LogP contribution in [0.15, 0.2) is 54.6 Å². The van der Waals surface area contributed by atoms with Crippen molar-refractivity contribution in [2.24, 2.45) is 0 Å². The molecule has 0 atom stereocenters. The Labute approximate surface area is 139 Å². The van der Waals surface area contributed by atoms with Gasteiger partial charge in [-0.3, -0.25) is 10.1 Å². The van der Waals surface area contributed by atoms with Gasteiger partial charge in [0.05, 0.1) is 11.5 Å². The van der Waals surface area contributed by atoms with E-state index in [9.17, 15) is 14.9 Å². The molecule has 2 amide bonds. The Morgan fingerprint density at radius 1 is 1.08 bits per heavy atom. The number of urea groups is 1.